The number of ether oxygens (including phenoxy) is 2. The number of benzene rings is 1. The highest BCUT2D eigenvalue weighted by atomic mass is 16.6. The Bertz CT molecular complexity index is 531. The molecule has 0 aromatic heterocycles. The SMILES string of the molecule is COc1ccc([C@H](C)N(CCC(C)=O)C(=O)OC(C)(C)C)cc1. The van der Waals surface area contributed by atoms with Gasteiger partial charge in [0.05, 0.1) is 13.2 Å². The summed E-state index contributed by atoms with van der Waals surface area (Å²) in [6.07, 6.45) is -0.109. The Morgan fingerprint density at radius 2 is 1.74 bits per heavy atom. The van der Waals surface area contributed by atoms with Crippen molar-refractivity contribution in [3.05, 3.63) is 29.8 Å². The molecule has 0 aliphatic rings. The topological polar surface area (TPSA) is 55.8 Å². The highest BCUT2D eigenvalue weighted by Crippen LogP contribution is 2.25. The molecule has 0 saturated heterocycles. The predicted octanol–water partition coefficient (Wildman–Crippen LogP) is 3.97. The van der Waals surface area contributed by atoms with Crippen LogP contribution in [0.5, 0.6) is 5.75 Å². The molecule has 0 fully saturated rings. The van der Waals surface area contributed by atoms with Crippen molar-refractivity contribution < 1.29 is 19.1 Å². The molecule has 1 aromatic carbocycles. The van der Waals surface area contributed by atoms with Crippen LogP contribution in [0, 0.1) is 0 Å². The number of ketones is 1. The minimum Gasteiger partial charge on any atom is -0.497 e. The molecule has 0 saturated carbocycles. The quantitative estimate of drug-likeness (QED) is 0.795. The van der Waals surface area contributed by atoms with E-state index in [0.717, 1.165) is 11.3 Å². The van der Waals surface area contributed by atoms with Gasteiger partial charge in [0.25, 0.3) is 0 Å². The van der Waals surface area contributed by atoms with Crippen LogP contribution in [0.1, 0.15) is 52.6 Å². The van der Waals surface area contributed by atoms with E-state index in [-0.39, 0.29) is 11.8 Å². The van der Waals surface area contributed by atoms with Gasteiger partial charge in [-0.3, -0.25) is 4.79 Å². The molecule has 1 atom stereocenters. The average molecular weight is 321 g/mol. The monoisotopic (exact) mass is 321 g/mol. The summed E-state index contributed by atoms with van der Waals surface area (Å²) in [5.74, 6) is 0.800. The van der Waals surface area contributed by atoms with Crippen LogP contribution in [-0.2, 0) is 9.53 Å². The summed E-state index contributed by atoms with van der Waals surface area (Å²) < 4.78 is 10.6. The number of hydrogen-bond acceptors (Lipinski definition) is 4. The first-order chi connectivity index (χ1) is 10.6. The minimum atomic E-state index is -0.578. The molecule has 0 aliphatic carbocycles. The molecule has 0 spiro atoms. The average Bonchev–Trinajstić information content (AvgIpc) is 2.45. The zero-order valence-electron chi connectivity index (χ0n) is 14.9. The maximum absolute atomic E-state index is 12.5. The summed E-state index contributed by atoms with van der Waals surface area (Å²) in [5, 5.41) is 0. The number of Topliss-reactive ketones (excluding diaryl/α,β-unsaturated/α-hetero) is 1. The van der Waals surface area contributed by atoms with Gasteiger partial charge in [-0.2, -0.15) is 0 Å². The van der Waals surface area contributed by atoms with Crippen LogP contribution in [0.2, 0.25) is 0 Å². The zero-order valence-corrected chi connectivity index (χ0v) is 14.9. The van der Waals surface area contributed by atoms with Gasteiger partial charge in [0.15, 0.2) is 0 Å². The first-order valence-corrected chi connectivity index (χ1v) is 7.77. The lowest BCUT2D eigenvalue weighted by atomic mass is 10.1. The van der Waals surface area contributed by atoms with Crippen molar-refractivity contribution >= 4 is 11.9 Å². The van der Waals surface area contributed by atoms with Gasteiger partial charge in [0.1, 0.15) is 17.1 Å². The van der Waals surface area contributed by atoms with Gasteiger partial charge in [0, 0.05) is 13.0 Å². The Labute approximate surface area is 138 Å². The first-order valence-electron chi connectivity index (χ1n) is 7.77. The molecule has 1 amide bonds. The lowest BCUT2D eigenvalue weighted by Crippen LogP contribution is -2.39. The lowest BCUT2D eigenvalue weighted by molar-refractivity contribution is -0.117. The molecule has 5 heteroatoms. The number of carbonyl (C=O) groups excluding carboxylic acids is 2. The Morgan fingerprint density at radius 3 is 2.17 bits per heavy atom. The van der Waals surface area contributed by atoms with Gasteiger partial charge in [0.2, 0.25) is 0 Å². The fourth-order valence-corrected chi connectivity index (χ4v) is 2.10. The maximum atomic E-state index is 12.5. The second kappa shape index (κ2) is 7.99. The highest BCUT2D eigenvalue weighted by molar-refractivity contribution is 5.76. The Kier molecular flexibility index (Phi) is 6.61. The van der Waals surface area contributed by atoms with Crippen LogP contribution in [0.4, 0.5) is 4.79 Å². The minimum absolute atomic E-state index is 0.0421. The summed E-state index contributed by atoms with van der Waals surface area (Å²) >= 11 is 0. The largest absolute Gasteiger partial charge is 0.497 e. The first kappa shape index (κ1) is 19.0. The number of amides is 1. The van der Waals surface area contributed by atoms with Crippen molar-refractivity contribution in [3.63, 3.8) is 0 Å². The number of rotatable bonds is 6. The van der Waals surface area contributed by atoms with E-state index in [1.165, 1.54) is 6.92 Å². The summed E-state index contributed by atoms with van der Waals surface area (Å²) in [6, 6.07) is 7.33. The van der Waals surface area contributed by atoms with E-state index < -0.39 is 11.7 Å². The van der Waals surface area contributed by atoms with Crippen molar-refractivity contribution in [2.24, 2.45) is 0 Å². The van der Waals surface area contributed by atoms with Crippen LogP contribution < -0.4 is 4.74 Å². The molecule has 0 aliphatic heterocycles. The Morgan fingerprint density at radius 1 is 1.17 bits per heavy atom. The lowest BCUT2D eigenvalue weighted by Gasteiger charge is -2.32. The second-order valence-corrected chi connectivity index (χ2v) is 6.57. The van der Waals surface area contributed by atoms with E-state index in [4.69, 9.17) is 9.47 Å². The van der Waals surface area contributed by atoms with Crippen LogP contribution in [-0.4, -0.2) is 36.0 Å². The van der Waals surface area contributed by atoms with Crippen LogP contribution in [0.15, 0.2) is 24.3 Å². The maximum Gasteiger partial charge on any atom is 0.410 e. The van der Waals surface area contributed by atoms with E-state index in [2.05, 4.69) is 0 Å². The number of nitrogens with zero attached hydrogens (tertiary/aromatic N) is 1. The highest BCUT2D eigenvalue weighted by Gasteiger charge is 2.27. The van der Waals surface area contributed by atoms with Crippen molar-refractivity contribution in [2.45, 2.75) is 52.7 Å². The fraction of sp³-hybridized carbons (Fsp3) is 0.556. The third-order valence-electron chi connectivity index (χ3n) is 3.40. The van der Waals surface area contributed by atoms with Crippen LogP contribution in [0.25, 0.3) is 0 Å². The summed E-state index contributed by atoms with van der Waals surface area (Å²) in [5.41, 5.74) is 0.380. The van der Waals surface area contributed by atoms with E-state index in [1.807, 2.05) is 52.0 Å². The summed E-state index contributed by atoms with van der Waals surface area (Å²) in [6.45, 7) is 9.25. The van der Waals surface area contributed by atoms with E-state index in [0.29, 0.717) is 13.0 Å². The fourth-order valence-electron chi connectivity index (χ4n) is 2.10. The van der Waals surface area contributed by atoms with Gasteiger partial charge in [-0.15, -0.1) is 0 Å². The molecule has 5 nitrogen and oxygen atoms in total. The second-order valence-electron chi connectivity index (χ2n) is 6.57. The van der Waals surface area contributed by atoms with Gasteiger partial charge in [-0.1, -0.05) is 12.1 Å². The van der Waals surface area contributed by atoms with Gasteiger partial charge in [-0.05, 0) is 52.3 Å². The van der Waals surface area contributed by atoms with Crippen molar-refractivity contribution in [3.8, 4) is 5.75 Å². The molecule has 1 rings (SSSR count). The van der Waals surface area contributed by atoms with E-state index in [1.54, 1.807) is 12.0 Å². The smallest absolute Gasteiger partial charge is 0.410 e. The van der Waals surface area contributed by atoms with Gasteiger partial charge >= 0.3 is 6.09 Å². The van der Waals surface area contributed by atoms with Crippen LogP contribution in [0.3, 0.4) is 0 Å². The standard InChI is InChI=1S/C18H27NO4/c1-13(20)11-12-19(17(21)23-18(3,4)5)14(2)15-7-9-16(22-6)10-8-15/h7-10,14H,11-12H2,1-6H3/t14-/m0/s1. The normalized spacial score (nSPS) is 12.4. The molecule has 1 aromatic rings. The summed E-state index contributed by atoms with van der Waals surface area (Å²) in [7, 11) is 1.61. The number of carbonyl (C=O) groups is 2. The molecular formula is C18H27NO4. The molecule has 0 heterocycles. The predicted molar refractivity (Wildman–Crippen MR) is 89.6 cm³/mol. The molecule has 0 unspecified atom stereocenters. The Balaban J connectivity index is 2.96. The van der Waals surface area contributed by atoms with Gasteiger partial charge in [-0.25, -0.2) is 4.79 Å². The number of methoxy groups -OCH3 is 1. The van der Waals surface area contributed by atoms with Crippen molar-refractivity contribution in [1.29, 1.82) is 0 Å². The van der Waals surface area contributed by atoms with Crippen LogP contribution >= 0.6 is 0 Å². The summed E-state index contributed by atoms with van der Waals surface area (Å²) in [4.78, 5) is 25.4. The molecule has 128 valence electrons. The Hall–Kier alpha value is -2.04. The van der Waals surface area contributed by atoms with E-state index in [9.17, 15) is 9.59 Å². The molecular weight excluding hydrogens is 294 g/mol. The molecule has 0 N–H and O–H groups in total. The van der Waals surface area contributed by atoms with Gasteiger partial charge < -0.3 is 14.4 Å². The third-order valence-corrected chi connectivity index (χ3v) is 3.40. The van der Waals surface area contributed by atoms with Crippen molar-refractivity contribution in [2.75, 3.05) is 13.7 Å². The molecule has 0 radical (unpaired) electrons. The molecule has 23 heavy (non-hydrogen) atoms. The zero-order chi connectivity index (χ0) is 17.6. The molecule has 0 bridgehead atoms. The van der Waals surface area contributed by atoms with E-state index >= 15 is 0 Å². The van der Waals surface area contributed by atoms with Crippen molar-refractivity contribution in [1.82, 2.24) is 4.90 Å². The number of hydrogen-bond donors (Lipinski definition) is 0. The third kappa shape index (κ3) is 6.30.